The summed E-state index contributed by atoms with van der Waals surface area (Å²) in [6.07, 6.45) is 0. The topological polar surface area (TPSA) is 107 Å². The van der Waals surface area contributed by atoms with Gasteiger partial charge < -0.3 is 0 Å². The second kappa shape index (κ2) is 14.1. The van der Waals surface area contributed by atoms with Gasteiger partial charge in [0, 0.05) is 0 Å². The Kier molecular flexibility index (Phi) is 10.6. The molecule has 0 unspecified atom stereocenters. The first-order valence-electron chi connectivity index (χ1n) is 11.8. The van der Waals surface area contributed by atoms with Crippen molar-refractivity contribution in [3.8, 4) is 34.5 Å². The van der Waals surface area contributed by atoms with E-state index in [9.17, 15) is 14.4 Å². The van der Waals surface area contributed by atoms with Gasteiger partial charge in [0.2, 0.25) is 0 Å². The number of carbonyl (C=O) groups excluding carboxylic acids is 3. The maximum absolute atomic E-state index is 11.8. The summed E-state index contributed by atoms with van der Waals surface area (Å²) in [5.41, 5.74) is 0.830. The molecule has 0 saturated carbocycles. The number of hydrogen-bond donors (Lipinski definition) is 0. The van der Waals surface area contributed by atoms with E-state index >= 15 is 0 Å². The maximum atomic E-state index is 11.8. The monoisotopic (exact) mass is 740 g/mol. The SMILES string of the molecule is C=C(C)C(=O)Oc1ccc([O][Bi]([O]c2ccc(OC(=O)C(=C)C)cc2)[O]c2ccc(OC(=O)C(=C)C)cc2)cc1. The number of ether oxygens (including phenoxy) is 3. The van der Waals surface area contributed by atoms with Crippen LogP contribution in [0, 0.1) is 0 Å². The second-order valence-corrected chi connectivity index (χ2v) is 12.3. The van der Waals surface area contributed by atoms with E-state index in [-0.39, 0.29) is 16.7 Å². The summed E-state index contributed by atoms with van der Waals surface area (Å²) in [5.74, 6) is 0.685. The van der Waals surface area contributed by atoms with E-state index in [1.165, 1.54) is 0 Å². The summed E-state index contributed by atoms with van der Waals surface area (Å²) in [6, 6.07) is 19.2. The van der Waals surface area contributed by atoms with Crippen LogP contribution in [-0.2, 0) is 14.4 Å². The first-order valence-corrected chi connectivity index (χ1v) is 16.0. The van der Waals surface area contributed by atoms with Gasteiger partial charge in [-0.3, -0.25) is 0 Å². The molecule has 0 aliphatic rings. The quantitative estimate of drug-likeness (QED) is 0.101. The minimum absolute atomic E-state index is 0.277. The first-order chi connectivity index (χ1) is 19.0. The van der Waals surface area contributed by atoms with Crippen LogP contribution in [0.15, 0.2) is 109 Å². The van der Waals surface area contributed by atoms with Crippen LogP contribution in [0.2, 0.25) is 0 Å². The van der Waals surface area contributed by atoms with Gasteiger partial charge in [0.25, 0.3) is 0 Å². The minimum atomic E-state index is -3.74. The van der Waals surface area contributed by atoms with Crippen molar-refractivity contribution < 1.29 is 37.0 Å². The fourth-order valence-corrected chi connectivity index (χ4v) is 6.46. The molecule has 3 aromatic carbocycles. The van der Waals surface area contributed by atoms with Crippen LogP contribution in [-0.4, -0.2) is 41.0 Å². The molecule has 3 rings (SSSR count). The predicted molar refractivity (Wildman–Crippen MR) is 148 cm³/mol. The molecule has 0 aromatic heterocycles. The van der Waals surface area contributed by atoms with Crippen molar-refractivity contribution in [2.45, 2.75) is 20.8 Å². The van der Waals surface area contributed by atoms with Gasteiger partial charge in [-0.2, -0.15) is 0 Å². The molecule has 0 fully saturated rings. The molecule has 0 heterocycles. The zero-order valence-corrected chi connectivity index (χ0v) is 25.6. The summed E-state index contributed by atoms with van der Waals surface area (Å²) in [7, 11) is 0. The summed E-state index contributed by atoms with van der Waals surface area (Å²) >= 11 is -3.74. The van der Waals surface area contributed by atoms with Gasteiger partial charge in [-0.15, -0.1) is 0 Å². The fraction of sp³-hybridized carbons (Fsp3) is 0.100. The van der Waals surface area contributed by atoms with Crippen LogP contribution < -0.4 is 22.7 Å². The summed E-state index contributed by atoms with van der Waals surface area (Å²) in [6.45, 7) is 15.4. The zero-order valence-electron chi connectivity index (χ0n) is 22.2. The number of hydrogen-bond acceptors (Lipinski definition) is 9. The third kappa shape index (κ3) is 9.40. The second-order valence-electron chi connectivity index (χ2n) is 8.42. The number of benzene rings is 3. The number of rotatable bonds is 12. The molecule has 40 heavy (non-hydrogen) atoms. The Labute approximate surface area is 241 Å². The first kappa shape index (κ1) is 30.1. The van der Waals surface area contributed by atoms with E-state index in [1.807, 2.05) is 0 Å². The Bertz CT molecular complexity index is 1230. The summed E-state index contributed by atoms with van der Waals surface area (Å²) < 4.78 is 33.9. The van der Waals surface area contributed by atoms with Crippen molar-refractivity contribution in [2.75, 3.05) is 0 Å². The molecule has 0 amide bonds. The molecule has 0 aliphatic carbocycles. The summed E-state index contributed by atoms with van der Waals surface area (Å²) in [5, 5.41) is 0. The van der Waals surface area contributed by atoms with Gasteiger partial charge in [-0.1, -0.05) is 0 Å². The van der Waals surface area contributed by atoms with E-state index < -0.39 is 41.0 Å². The van der Waals surface area contributed by atoms with Gasteiger partial charge in [0.05, 0.1) is 0 Å². The average molecular weight is 741 g/mol. The molecular weight excluding hydrogens is 713 g/mol. The van der Waals surface area contributed by atoms with Gasteiger partial charge in [0.1, 0.15) is 0 Å². The molecule has 206 valence electrons. The van der Waals surface area contributed by atoms with Gasteiger partial charge >= 0.3 is 243 Å². The van der Waals surface area contributed by atoms with E-state index in [0.717, 1.165) is 0 Å². The van der Waals surface area contributed by atoms with Crippen molar-refractivity contribution in [2.24, 2.45) is 0 Å². The molecule has 0 bridgehead atoms. The molecule has 0 saturated heterocycles. The Morgan fingerprint density at radius 1 is 0.450 bits per heavy atom. The molecule has 0 radical (unpaired) electrons. The van der Waals surface area contributed by atoms with Crippen LogP contribution >= 0.6 is 0 Å². The molecule has 3 aromatic rings. The molecule has 0 spiro atoms. The Hall–Kier alpha value is -4.43. The Morgan fingerprint density at radius 3 is 0.850 bits per heavy atom. The fourth-order valence-electron chi connectivity index (χ4n) is 2.60. The zero-order chi connectivity index (χ0) is 29.2. The molecule has 0 N–H and O–H groups in total. The van der Waals surface area contributed by atoms with Crippen molar-refractivity contribution in [3.63, 3.8) is 0 Å². The third-order valence-electron chi connectivity index (χ3n) is 4.69. The molecule has 0 atom stereocenters. The van der Waals surface area contributed by atoms with E-state index in [1.54, 1.807) is 93.6 Å². The van der Waals surface area contributed by atoms with Crippen LogP contribution in [0.5, 0.6) is 34.5 Å². The molecular formula is C30H27BiO9. The molecule has 10 heteroatoms. The van der Waals surface area contributed by atoms with Crippen molar-refractivity contribution in [1.82, 2.24) is 0 Å². The third-order valence-corrected chi connectivity index (χ3v) is 8.89. The van der Waals surface area contributed by atoms with Gasteiger partial charge in [0.15, 0.2) is 0 Å². The Morgan fingerprint density at radius 2 is 0.650 bits per heavy atom. The normalized spacial score (nSPS) is 10.2. The van der Waals surface area contributed by atoms with Gasteiger partial charge in [-0.05, 0) is 0 Å². The standard InChI is InChI=1S/3C10H10O3.Bi/c3*1-7(2)10(12)13-9-5-3-8(11)4-6-9;/h3*3-6,11H,1H2,2H3;/q;;;+3/p-3. The predicted octanol–water partition coefficient (Wildman–Crippen LogP) is 5.65. The van der Waals surface area contributed by atoms with Crippen LogP contribution in [0.4, 0.5) is 0 Å². The average Bonchev–Trinajstić information content (AvgIpc) is 2.91. The molecule has 0 aliphatic heterocycles. The van der Waals surface area contributed by atoms with Gasteiger partial charge in [-0.25, -0.2) is 0 Å². The van der Waals surface area contributed by atoms with Crippen LogP contribution in [0.3, 0.4) is 0 Å². The van der Waals surface area contributed by atoms with E-state index in [0.29, 0.717) is 34.5 Å². The summed E-state index contributed by atoms with van der Waals surface area (Å²) in [4.78, 5) is 35.3. The number of esters is 3. The van der Waals surface area contributed by atoms with Crippen molar-refractivity contribution >= 4 is 41.0 Å². The Balaban J connectivity index is 1.76. The number of carbonyl (C=O) groups is 3. The molecule has 9 nitrogen and oxygen atoms in total. The van der Waals surface area contributed by atoms with Crippen molar-refractivity contribution in [3.05, 3.63) is 109 Å². The van der Waals surface area contributed by atoms with Crippen molar-refractivity contribution in [1.29, 1.82) is 0 Å². The van der Waals surface area contributed by atoms with Crippen LogP contribution in [0.1, 0.15) is 20.8 Å². The van der Waals surface area contributed by atoms with Crippen LogP contribution in [0.25, 0.3) is 0 Å². The van der Waals surface area contributed by atoms with E-state index in [2.05, 4.69) is 19.7 Å². The van der Waals surface area contributed by atoms with E-state index in [4.69, 9.17) is 22.7 Å².